The number of nitrogen functional groups attached to an aromatic ring is 1. The van der Waals surface area contributed by atoms with Crippen LogP contribution in [0.3, 0.4) is 0 Å². The summed E-state index contributed by atoms with van der Waals surface area (Å²) in [6, 6.07) is 1.93. The Bertz CT molecular complexity index is 506. The van der Waals surface area contributed by atoms with Crippen molar-refractivity contribution in [2.24, 2.45) is 0 Å². The Morgan fingerprint density at radius 1 is 1.37 bits per heavy atom. The lowest BCUT2D eigenvalue weighted by Gasteiger charge is -2.14. The molecule has 0 saturated carbocycles. The summed E-state index contributed by atoms with van der Waals surface area (Å²) in [6.45, 7) is 5.89. The van der Waals surface area contributed by atoms with E-state index in [1.165, 1.54) is 6.33 Å². The first-order chi connectivity index (χ1) is 9.18. The number of hydrogen-bond acceptors (Lipinski definition) is 5. The number of hydrogen-bond donors (Lipinski definition) is 2. The van der Waals surface area contributed by atoms with Crippen LogP contribution in [-0.2, 0) is 6.54 Å². The topological polar surface area (TPSA) is 81.6 Å². The van der Waals surface area contributed by atoms with E-state index in [1.807, 2.05) is 16.9 Å². The Labute approximate surface area is 113 Å². The first-order valence-electron chi connectivity index (χ1n) is 6.50. The molecule has 0 saturated heterocycles. The van der Waals surface area contributed by atoms with Crippen molar-refractivity contribution in [3.8, 4) is 0 Å². The third-order valence-electron chi connectivity index (χ3n) is 2.91. The molecule has 0 radical (unpaired) electrons. The van der Waals surface area contributed by atoms with E-state index in [1.54, 1.807) is 6.20 Å². The number of nitrogens with one attached hydrogen (secondary N) is 1. The van der Waals surface area contributed by atoms with Crippen molar-refractivity contribution in [3.05, 3.63) is 30.4 Å². The average Bonchev–Trinajstić information content (AvgIpc) is 2.87. The van der Waals surface area contributed by atoms with Gasteiger partial charge in [0.25, 0.3) is 0 Å². The molecule has 0 spiro atoms. The van der Waals surface area contributed by atoms with E-state index in [2.05, 4.69) is 34.2 Å². The first kappa shape index (κ1) is 13.3. The van der Waals surface area contributed by atoms with Crippen molar-refractivity contribution >= 4 is 11.6 Å². The van der Waals surface area contributed by atoms with Crippen LogP contribution in [0.25, 0.3) is 0 Å². The molecule has 0 aliphatic heterocycles. The number of aryl methyl sites for hydroxylation is 1. The third kappa shape index (κ3) is 3.43. The molecule has 0 aromatic carbocycles. The van der Waals surface area contributed by atoms with Gasteiger partial charge in [-0.2, -0.15) is 5.10 Å². The van der Waals surface area contributed by atoms with Crippen molar-refractivity contribution in [1.29, 1.82) is 0 Å². The van der Waals surface area contributed by atoms with E-state index in [4.69, 9.17) is 5.73 Å². The predicted octanol–water partition coefficient (Wildman–Crippen LogP) is 1.88. The van der Waals surface area contributed by atoms with Gasteiger partial charge in [-0.15, -0.1) is 0 Å². The van der Waals surface area contributed by atoms with Crippen molar-refractivity contribution in [2.45, 2.75) is 32.7 Å². The highest BCUT2D eigenvalue weighted by Gasteiger charge is 2.12. The number of rotatable bonds is 6. The molecule has 0 atom stereocenters. The highest BCUT2D eigenvalue weighted by molar-refractivity contribution is 5.56. The van der Waals surface area contributed by atoms with Gasteiger partial charge in [0, 0.05) is 31.0 Å². The Morgan fingerprint density at radius 3 is 2.89 bits per heavy atom. The number of nitrogens with two attached hydrogens (primary N) is 1. The number of aromatic nitrogens is 4. The minimum atomic E-state index is 0.301. The van der Waals surface area contributed by atoms with Gasteiger partial charge in [0.2, 0.25) is 0 Å². The largest absolute Gasteiger partial charge is 0.383 e. The second kappa shape index (κ2) is 6.17. The summed E-state index contributed by atoms with van der Waals surface area (Å²) in [7, 11) is 0. The summed E-state index contributed by atoms with van der Waals surface area (Å²) < 4.78 is 1.92. The van der Waals surface area contributed by atoms with Gasteiger partial charge in [-0.05, 0) is 18.4 Å². The van der Waals surface area contributed by atoms with E-state index in [9.17, 15) is 0 Å². The zero-order valence-corrected chi connectivity index (χ0v) is 11.4. The van der Waals surface area contributed by atoms with Crippen LogP contribution in [0.4, 0.5) is 11.6 Å². The summed E-state index contributed by atoms with van der Waals surface area (Å²) >= 11 is 0. The molecule has 6 nitrogen and oxygen atoms in total. The Hall–Kier alpha value is -2.11. The molecular formula is C13H20N6. The molecule has 0 amide bonds. The van der Waals surface area contributed by atoms with Crippen molar-refractivity contribution in [2.75, 3.05) is 17.6 Å². The summed E-state index contributed by atoms with van der Waals surface area (Å²) in [5.41, 5.74) is 6.89. The standard InChI is InChI=1S/C13H20N6/c1-10(2)11-12(14)16-9-17-13(11)15-5-3-7-19-8-4-6-18-19/h4,6,8-10H,3,5,7H2,1-2H3,(H3,14,15,16,17). The van der Waals surface area contributed by atoms with Gasteiger partial charge in [0.15, 0.2) is 0 Å². The van der Waals surface area contributed by atoms with Crippen molar-refractivity contribution in [1.82, 2.24) is 19.7 Å². The van der Waals surface area contributed by atoms with E-state index in [-0.39, 0.29) is 0 Å². The molecule has 2 aromatic heterocycles. The highest BCUT2D eigenvalue weighted by Crippen LogP contribution is 2.25. The monoisotopic (exact) mass is 260 g/mol. The third-order valence-corrected chi connectivity index (χ3v) is 2.91. The van der Waals surface area contributed by atoms with E-state index < -0.39 is 0 Å². The fraction of sp³-hybridized carbons (Fsp3) is 0.462. The van der Waals surface area contributed by atoms with Crippen LogP contribution < -0.4 is 11.1 Å². The molecule has 102 valence electrons. The molecule has 0 aliphatic rings. The molecule has 6 heteroatoms. The van der Waals surface area contributed by atoms with Gasteiger partial charge >= 0.3 is 0 Å². The zero-order chi connectivity index (χ0) is 13.7. The van der Waals surface area contributed by atoms with E-state index >= 15 is 0 Å². The molecule has 2 heterocycles. The van der Waals surface area contributed by atoms with Crippen LogP contribution in [0.2, 0.25) is 0 Å². The number of nitrogens with zero attached hydrogens (tertiary/aromatic N) is 4. The lowest BCUT2D eigenvalue weighted by molar-refractivity contribution is 0.591. The summed E-state index contributed by atoms with van der Waals surface area (Å²) in [5, 5.41) is 7.49. The van der Waals surface area contributed by atoms with Gasteiger partial charge in [0.1, 0.15) is 18.0 Å². The molecule has 2 rings (SSSR count). The van der Waals surface area contributed by atoms with E-state index in [0.29, 0.717) is 11.7 Å². The lowest BCUT2D eigenvalue weighted by atomic mass is 10.0. The molecule has 0 aliphatic carbocycles. The van der Waals surface area contributed by atoms with Crippen molar-refractivity contribution in [3.63, 3.8) is 0 Å². The molecule has 2 aromatic rings. The smallest absolute Gasteiger partial charge is 0.134 e. The van der Waals surface area contributed by atoms with Gasteiger partial charge in [-0.1, -0.05) is 13.8 Å². The van der Waals surface area contributed by atoms with Gasteiger partial charge < -0.3 is 11.1 Å². The van der Waals surface area contributed by atoms with Crippen LogP contribution in [0, 0.1) is 0 Å². The summed E-state index contributed by atoms with van der Waals surface area (Å²) in [4.78, 5) is 8.31. The maximum atomic E-state index is 5.90. The van der Waals surface area contributed by atoms with Crippen LogP contribution >= 0.6 is 0 Å². The maximum absolute atomic E-state index is 5.90. The normalized spacial score (nSPS) is 10.9. The molecule has 0 fully saturated rings. The van der Waals surface area contributed by atoms with Gasteiger partial charge in [-0.25, -0.2) is 9.97 Å². The van der Waals surface area contributed by atoms with Gasteiger partial charge in [0.05, 0.1) is 0 Å². The fourth-order valence-electron chi connectivity index (χ4n) is 2.00. The molecule has 0 unspecified atom stereocenters. The molecule has 19 heavy (non-hydrogen) atoms. The predicted molar refractivity (Wildman–Crippen MR) is 75.9 cm³/mol. The molecular weight excluding hydrogens is 240 g/mol. The van der Waals surface area contributed by atoms with Crippen LogP contribution in [-0.4, -0.2) is 26.3 Å². The second-order valence-corrected chi connectivity index (χ2v) is 4.73. The fourth-order valence-corrected chi connectivity index (χ4v) is 2.00. The summed E-state index contributed by atoms with van der Waals surface area (Å²) in [6.07, 6.45) is 6.22. The summed E-state index contributed by atoms with van der Waals surface area (Å²) in [5.74, 6) is 1.69. The number of anilines is 2. The zero-order valence-electron chi connectivity index (χ0n) is 11.4. The quantitative estimate of drug-likeness (QED) is 0.775. The first-order valence-corrected chi connectivity index (χ1v) is 6.50. The SMILES string of the molecule is CC(C)c1c(N)ncnc1NCCCn1cccn1. The maximum Gasteiger partial charge on any atom is 0.134 e. The van der Waals surface area contributed by atoms with Crippen molar-refractivity contribution < 1.29 is 0 Å². The van der Waals surface area contributed by atoms with Gasteiger partial charge in [-0.3, -0.25) is 4.68 Å². The average molecular weight is 260 g/mol. The van der Waals surface area contributed by atoms with E-state index in [0.717, 1.165) is 30.9 Å². The molecule has 0 bridgehead atoms. The Morgan fingerprint density at radius 2 is 2.21 bits per heavy atom. The van der Waals surface area contributed by atoms with Crippen LogP contribution in [0.15, 0.2) is 24.8 Å². The second-order valence-electron chi connectivity index (χ2n) is 4.73. The Kier molecular flexibility index (Phi) is 4.33. The highest BCUT2D eigenvalue weighted by atomic mass is 15.3. The van der Waals surface area contributed by atoms with Crippen LogP contribution in [0.5, 0.6) is 0 Å². The Balaban J connectivity index is 1.90. The minimum Gasteiger partial charge on any atom is -0.383 e. The van der Waals surface area contributed by atoms with Crippen LogP contribution in [0.1, 0.15) is 31.7 Å². The lowest BCUT2D eigenvalue weighted by Crippen LogP contribution is -2.12. The minimum absolute atomic E-state index is 0.301. The molecule has 3 N–H and O–H groups in total.